The summed E-state index contributed by atoms with van der Waals surface area (Å²) in [6.45, 7) is 0. The number of aliphatic hydroxyl groups excluding tert-OH is 1. The van der Waals surface area contributed by atoms with Gasteiger partial charge in [0, 0.05) is 17.0 Å². The van der Waals surface area contributed by atoms with Crippen LogP contribution in [-0.2, 0) is 0 Å². The molecule has 1 heterocycles. The third kappa shape index (κ3) is 0.950. The fourth-order valence-electron chi connectivity index (χ4n) is 1.24. The number of nitrogens with zero attached hydrogens (tertiary/aromatic N) is 1. The summed E-state index contributed by atoms with van der Waals surface area (Å²) in [6.07, 6.45) is 2.17. The normalized spacial score (nSPS) is 20.8. The number of hydrogen-bond donors (Lipinski definition) is 1. The second kappa shape index (κ2) is 2.53. The molecule has 1 unspecified atom stereocenters. The molecule has 1 aromatic rings. The summed E-state index contributed by atoms with van der Waals surface area (Å²) < 4.78 is 0.593. The molecule has 1 aromatic carbocycles. The van der Waals surface area contributed by atoms with E-state index in [0.29, 0.717) is 10.4 Å². The smallest absolute Gasteiger partial charge is 0.329 e. The molecule has 0 saturated carbocycles. The van der Waals surface area contributed by atoms with Crippen molar-refractivity contribution in [1.82, 2.24) is 0 Å². The largest absolute Gasteiger partial charge is 0.330 e. The SMILES string of the molecule is O=[N+]1c2ccccc2C=CC1O. The fraction of sp³-hybridized carbons (Fsp3) is 0.111. The van der Waals surface area contributed by atoms with Crippen LogP contribution in [0.2, 0.25) is 0 Å². The van der Waals surface area contributed by atoms with Crippen molar-refractivity contribution in [3.8, 4) is 0 Å². The Morgan fingerprint density at radius 3 is 2.92 bits per heavy atom. The lowest BCUT2D eigenvalue weighted by Gasteiger charge is -2.04. The predicted molar refractivity (Wildman–Crippen MR) is 44.8 cm³/mol. The summed E-state index contributed by atoms with van der Waals surface area (Å²) in [4.78, 5) is 11.2. The van der Waals surface area contributed by atoms with Crippen molar-refractivity contribution in [3.05, 3.63) is 40.8 Å². The lowest BCUT2D eigenvalue weighted by atomic mass is 10.1. The average molecular weight is 162 g/mol. The van der Waals surface area contributed by atoms with Gasteiger partial charge in [0.1, 0.15) is 0 Å². The Morgan fingerprint density at radius 1 is 1.33 bits per heavy atom. The van der Waals surface area contributed by atoms with Crippen LogP contribution in [0.3, 0.4) is 0 Å². The molecule has 3 heteroatoms. The van der Waals surface area contributed by atoms with Crippen LogP contribution in [0.1, 0.15) is 5.56 Å². The molecular weight excluding hydrogens is 154 g/mol. The third-order valence-electron chi connectivity index (χ3n) is 1.86. The van der Waals surface area contributed by atoms with Crippen molar-refractivity contribution < 1.29 is 9.87 Å². The first kappa shape index (κ1) is 7.18. The summed E-state index contributed by atoms with van der Waals surface area (Å²) in [5.74, 6) is 0. The first-order chi connectivity index (χ1) is 5.79. The highest BCUT2D eigenvalue weighted by molar-refractivity contribution is 5.62. The molecule has 12 heavy (non-hydrogen) atoms. The molecule has 1 aliphatic rings. The molecule has 1 N–H and O–H groups in total. The molecular formula is C9H8NO2+. The third-order valence-corrected chi connectivity index (χ3v) is 1.86. The van der Waals surface area contributed by atoms with Gasteiger partial charge in [0.05, 0.1) is 10.3 Å². The van der Waals surface area contributed by atoms with Crippen molar-refractivity contribution in [3.63, 3.8) is 0 Å². The molecule has 0 bridgehead atoms. The Bertz CT molecular complexity index is 357. The van der Waals surface area contributed by atoms with Crippen LogP contribution in [0.15, 0.2) is 30.3 Å². The Balaban J connectivity index is 2.59. The fourth-order valence-corrected chi connectivity index (χ4v) is 1.24. The predicted octanol–water partition coefficient (Wildman–Crippen LogP) is 1.44. The number of para-hydroxylation sites is 1. The van der Waals surface area contributed by atoms with Gasteiger partial charge in [0.2, 0.25) is 0 Å². The van der Waals surface area contributed by atoms with Gasteiger partial charge < -0.3 is 5.11 Å². The zero-order valence-electron chi connectivity index (χ0n) is 6.34. The van der Waals surface area contributed by atoms with E-state index in [9.17, 15) is 4.91 Å². The summed E-state index contributed by atoms with van der Waals surface area (Å²) in [5.41, 5.74) is 1.37. The molecule has 0 spiro atoms. The first-order valence-corrected chi connectivity index (χ1v) is 3.71. The van der Waals surface area contributed by atoms with Gasteiger partial charge in [-0.3, -0.25) is 0 Å². The molecule has 0 aromatic heterocycles. The highest BCUT2D eigenvalue weighted by Gasteiger charge is 2.28. The molecule has 0 aliphatic carbocycles. The van der Waals surface area contributed by atoms with E-state index < -0.39 is 6.23 Å². The Labute approximate surface area is 69.5 Å². The van der Waals surface area contributed by atoms with Crippen molar-refractivity contribution in [2.45, 2.75) is 6.23 Å². The maximum atomic E-state index is 11.2. The van der Waals surface area contributed by atoms with E-state index in [1.165, 1.54) is 6.08 Å². The maximum Gasteiger partial charge on any atom is 0.329 e. The average Bonchev–Trinajstić information content (AvgIpc) is 2.12. The standard InChI is InChI=1S/C9H8NO2/c11-9-6-5-7-3-1-2-4-8(7)10(9)12/h1-6,9,11H/q+1. The summed E-state index contributed by atoms with van der Waals surface area (Å²) in [6, 6.07) is 7.15. The maximum absolute atomic E-state index is 11.2. The minimum Gasteiger partial charge on any atom is -0.330 e. The molecule has 0 radical (unpaired) electrons. The minimum atomic E-state index is -1.04. The summed E-state index contributed by atoms with van der Waals surface area (Å²) in [7, 11) is 0. The molecule has 1 atom stereocenters. The highest BCUT2D eigenvalue weighted by atomic mass is 16.4. The summed E-state index contributed by atoms with van der Waals surface area (Å²) >= 11 is 0. The highest BCUT2D eigenvalue weighted by Crippen LogP contribution is 2.24. The van der Waals surface area contributed by atoms with E-state index in [4.69, 9.17) is 5.11 Å². The van der Waals surface area contributed by atoms with E-state index >= 15 is 0 Å². The number of hydrogen-bond acceptors (Lipinski definition) is 2. The van der Waals surface area contributed by atoms with Crippen LogP contribution in [0.5, 0.6) is 0 Å². The lowest BCUT2D eigenvalue weighted by molar-refractivity contribution is -0.541. The van der Waals surface area contributed by atoms with Gasteiger partial charge in [0.15, 0.2) is 0 Å². The van der Waals surface area contributed by atoms with E-state index in [-0.39, 0.29) is 0 Å². The van der Waals surface area contributed by atoms with E-state index in [1.54, 1.807) is 18.2 Å². The molecule has 0 amide bonds. The van der Waals surface area contributed by atoms with Gasteiger partial charge in [-0.25, -0.2) is 0 Å². The molecule has 3 nitrogen and oxygen atoms in total. The molecule has 60 valence electrons. The van der Waals surface area contributed by atoms with Gasteiger partial charge in [-0.1, -0.05) is 12.1 Å². The van der Waals surface area contributed by atoms with Crippen LogP contribution in [0.25, 0.3) is 6.08 Å². The Morgan fingerprint density at radius 2 is 2.08 bits per heavy atom. The second-order valence-electron chi connectivity index (χ2n) is 2.66. The van der Waals surface area contributed by atoms with Gasteiger partial charge >= 0.3 is 6.23 Å². The topological polar surface area (TPSA) is 40.3 Å². The van der Waals surface area contributed by atoms with Crippen molar-refractivity contribution >= 4 is 11.8 Å². The second-order valence-corrected chi connectivity index (χ2v) is 2.66. The van der Waals surface area contributed by atoms with Crippen LogP contribution in [0, 0.1) is 4.91 Å². The molecule has 0 fully saturated rings. The zero-order chi connectivity index (χ0) is 8.55. The number of fused-ring (bicyclic) bond motifs is 1. The van der Waals surface area contributed by atoms with Crippen molar-refractivity contribution in [1.29, 1.82) is 0 Å². The number of rotatable bonds is 0. The molecule has 2 rings (SSSR count). The van der Waals surface area contributed by atoms with Crippen molar-refractivity contribution in [2.24, 2.45) is 0 Å². The zero-order valence-corrected chi connectivity index (χ0v) is 6.34. The van der Waals surface area contributed by atoms with Crippen LogP contribution in [0.4, 0.5) is 5.69 Å². The van der Waals surface area contributed by atoms with Crippen LogP contribution >= 0.6 is 0 Å². The molecule has 1 aliphatic heterocycles. The van der Waals surface area contributed by atoms with Gasteiger partial charge in [-0.05, 0) is 12.1 Å². The Kier molecular flexibility index (Phi) is 1.52. The van der Waals surface area contributed by atoms with Crippen LogP contribution in [-0.4, -0.2) is 16.1 Å². The number of aliphatic hydroxyl groups is 1. The first-order valence-electron chi connectivity index (χ1n) is 3.71. The van der Waals surface area contributed by atoms with Crippen molar-refractivity contribution in [2.75, 3.05) is 0 Å². The Hall–Kier alpha value is -1.48. The van der Waals surface area contributed by atoms with Gasteiger partial charge in [0.25, 0.3) is 5.69 Å². The van der Waals surface area contributed by atoms with Gasteiger partial charge in [-0.2, -0.15) is 0 Å². The number of nitroso groups, excluding NO2 is 1. The monoisotopic (exact) mass is 162 g/mol. The van der Waals surface area contributed by atoms with E-state index in [0.717, 1.165) is 5.56 Å². The van der Waals surface area contributed by atoms with Crippen LogP contribution < -0.4 is 0 Å². The van der Waals surface area contributed by atoms with E-state index in [1.807, 2.05) is 12.1 Å². The van der Waals surface area contributed by atoms with E-state index in [2.05, 4.69) is 0 Å². The lowest BCUT2D eigenvalue weighted by Crippen LogP contribution is -2.19. The number of benzene rings is 1. The van der Waals surface area contributed by atoms with Gasteiger partial charge in [-0.15, -0.1) is 0 Å². The minimum absolute atomic E-state index is 0.521. The quantitative estimate of drug-likeness (QED) is 0.586. The molecule has 0 saturated heterocycles. The summed E-state index contributed by atoms with van der Waals surface area (Å²) in [5, 5.41) is 9.15.